The average molecular weight is 548 g/mol. The molecule has 6 rings (SSSR count). The number of aliphatic imine (C=N–C) groups is 1. The first kappa shape index (κ1) is 25.8. The molecular formula is C30H25F4N5O. The third-order valence-corrected chi connectivity index (χ3v) is 7.08. The SMILES string of the molecule is CCN1C(=O)c2nc(-c3ccc(-c4cccc(F)c4)c(F)c3)n(Cc3ccc(F)c(F)c3)c2N2CC(C)(C)N=C12. The highest BCUT2D eigenvalue weighted by molar-refractivity contribution is 6.18. The molecule has 6 nitrogen and oxygen atoms in total. The molecule has 0 unspecified atom stereocenters. The van der Waals surface area contributed by atoms with Gasteiger partial charge < -0.3 is 4.57 Å². The van der Waals surface area contributed by atoms with E-state index < -0.39 is 28.8 Å². The number of benzene rings is 3. The van der Waals surface area contributed by atoms with E-state index in [1.54, 1.807) is 21.6 Å². The van der Waals surface area contributed by atoms with Crippen molar-refractivity contribution in [3.05, 3.63) is 95.2 Å². The zero-order valence-electron chi connectivity index (χ0n) is 22.1. The summed E-state index contributed by atoms with van der Waals surface area (Å²) in [6.45, 7) is 6.60. The van der Waals surface area contributed by atoms with Gasteiger partial charge in [-0.1, -0.05) is 30.3 Å². The van der Waals surface area contributed by atoms with Gasteiger partial charge in [-0.3, -0.25) is 14.6 Å². The van der Waals surface area contributed by atoms with Crippen LogP contribution in [0.4, 0.5) is 23.4 Å². The van der Waals surface area contributed by atoms with Gasteiger partial charge in [-0.15, -0.1) is 0 Å². The molecule has 3 heterocycles. The fourth-order valence-corrected chi connectivity index (χ4v) is 5.30. The van der Waals surface area contributed by atoms with Gasteiger partial charge in [0.15, 0.2) is 17.3 Å². The van der Waals surface area contributed by atoms with Gasteiger partial charge in [0.2, 0.25) is 5.96 Å². The second-order valence-electron chi connectivity index (χ2n) is 10.5. The number of halogens is 4. The average Bonchev–Trinajstić information content (AvgIpc) is 3.43. The van der Waals surface area contributed by atoms with Gasteiger partial charge >= 0.3 is 0 Å². The van der Waals surface area contributed by atoms with E-state index in [-0.39, 0.29) is 29.5 Å². The number of rotatable bonds is 5. The maximum Gasteiger partial charge on any atom is 0.283 e. The van der Waals surface area contributed by atoms with Gasteiger partial charge in [0.25, 0.3) is 5.91 Å². The lowest BCUT2D eigenvalue weighted by Gasteiger charge is -2.34. The van der Waals surface area contributed by atoms with Crippen LogP contribution in [0.15, 0.2) is 65.7 Å². The van der Waals surface area contributed by atoms with E-state index in [4.69, 9.17) is 4.99 Å². The van der Waals surface area contributed by atoms with Crippen molar-refractivity contribution in [1.82, 2.24) is 14.5 Å². The van der Waals surface area contributed by atoms with Crippen LogP contribution in [0.5, 0.6) is 0 Å². The topological polar surface area (TPSA) is 53.7 Å². The molecule has 0 radical (unpaired) electrons. The minimum absolute atomic E-state index is 0.0335. The largest absolute Gasteiger partial charge is 0.305 e. The molecule has 10 heteroatoms. The Kier molecular flexibility index (Phi) is 6.01. The first-order valence-electron chi connectivity index (χ1n) is 12.9. The number of hydrogen-bond donors (Lipinski definition) is 0. The van der Waals surface area contributed by atoms with E-state index in [0.29, 0.717) is 41.6 Å². The maximum absolute atomic E-state index is 15.4. The first-order chi connectivity index (χ1) is 19.1. The van der Waals surface area contributed by atoms with Gasteiger partial charge in [0.05, 0.1) is 18.6 Å². The van der Waals surface area contributed by atoms with Crippen LogP contribution in [0.2, 0.25) is 0 Å². The van der Waals surface area contributed by atoms with Crippen LogP contribution in [0.1, 0.15) is 36.8 Å². The molecule has 0 spiro atoms. The van der Waals surface area contributed by atoms with E-state index in [0.717, 1.165) is 12.1 Å². The third kappa shape index (κ3) is 4.24. The summed E-state index contributed by atoms with van der Waals surface area (Å²) in [5.74, 6) is -2.21. The molecule has 0 aliphatic carbocycles. The summed E-state index contributed by atoms with van der Waals surface area (Å²) in [5.41, 5.74) is 1.03. The Hall–Kier alpha value is -4.47. The molecule has 1 aromatic heterocycles. The van der Waals surface area contributed by atoms with Crippen LogP contribution >= 0.6 is 0 Å². The highest BCUT2D eigenvalue weighted by Gasteiger charge is 2.45. The normalized spacial score (nSPS) is 15.8. The van der Waals surface area contributed by atoms with Crippen molar-refractivity contribution < 1.29 is 22.4 Å². The monoisotopic (exact) mass is 547 g/mol. The highest BCUT2D eigenvalue weighted by atomic mass is 19.2. The van der Waals surface area contributed by atoms with Crippen molar-refractivity contribution >= 4 is 17.7 Å². The zero-order valence-corrected chi connectivity index (χ0v) is 22.1. The molecule has 3 aromatic carbocycles. The number of anilines is 1. The molecule has 0 saturated heterocycles. The lowest BCUT2D eigenvalue weighted by molar-refractivity contribution is 0.0841. The van der Waals surface area contributed by atoms with E-state index in [2.05, 4.69) is 4.98 Å². The van der Waals surface area contributed by atoms with Crippen molar-refractivity contribution in [1.29, 1.82) is 0 Å². The van der Waals surface area contributed by atoms with Gasteiger partial charge in [-0.05, 0) is 62.2 Å². The Bertz CT molecular complexity index is 1710. The number of guanidine groups is 1. The molecule has 1 amide bonds. The van der Waals surface area contributed by atoms with E-state index >= 15 is 4.39 Å². The van der Waals surface area contributed by atoms with Crippen molar-refractivity contribution in [2.24, 2.45) is 4.99 Å². The zero-order chi connectivity index (χ0) is 28.3. The number of carbonyl (C=O) groups is 1. The van der Waals surface area contributed by atoms with Crippen LogP contribution in [-0.4, -0.2) is 44.9 Å². The van der Waals surface area contributed by atoms with Crippen LogP contribution in [0.25, 0.3) is 22.5 Å². The molecule has 0 atom stereocenters. The molecule has 204 valence electrons. The number of amides is 1. The third-order valence-electron chi connectivity index (χ3n) is 7.08. The van der Waals surface area contributed by atoms with Gasteiger partial charge in [-0.2, -0.15) is 0 Å². The van der Waals surface area contributed by atoms with E-state index in [1.165, 1.54) is 36.4 Å². The Labute approximate surface area is 228 Å². The van der Waals surface area contributed by atoms with E-state index in [1.807, 2.05) is 25.7 Å². The standard InChI is InChI=1S/C30H25F4N5O/c1-4-37-28(40)25-27(39-16-30(2,3)36-29(37)39)38(15-17-8-11-22(32)24(34)12-17)26(35-25)19-9-10-21(23(33)14-19)18-6-5-7-20(31)13-18/h5-14H,4,15-16H2,1-3H3. The molecule has 2 aliphatic rings. The molecule has 2 aliphatic heterocycles. The fourth-order valence-electron chi connectivity index (χ4n) is 5.30. The van der Waals surface area contributed by atoms with Crippen LogP contribution in [0.3, 0.4) is 0 Å². The highest BCUT2D eigenvalue weighted by Crippen LogP contribution is 2.39. The minimum atomic E-state index is -1.00. The molecule has 40 heavy (non-hydrogen) atoms. The van der Waals surface area contributed by atoms with Crippen molar-refractivity contribution in [2.75, 3.05) is 18.0 Å². The molecule has 0 N–H and O–H groups in total. The number of fused-ring (bicyclic) bond motifs is 3. The molecule has 4 aromatic rings. The Morgan fingerprint density at radius 3 is 2.40 bits per heavy atom. The molecule has 0 saturated carbocycles. The lowest BCUT2D eigenvalue weighted by Crippen LogP contribution is -2.51. The predicted molar refractivity (Wildman–Crippen MR) is 144 cm³/mol. The number of hydrogen-bond acceptors (Lipinski definition) is 4. The van der Waals surface area contributed by atoms with Gasteiger partial charge in [-0.25, -0.2) is 27.5 Å². The smallest absolute Gasteiger partial charge is 0.283 e. The minimum Gasteiger partial charge on any atom is -0.305 e. The van der Waals surface area contributed by atoms with Gasteiger partial charge in [0, 0.05) is 17.7 Å². The van der Waals surface area contributed by atoms with Crippen LogP contribution in [0, 0.1) is 23.3 Å². The number of imidazole rings is 1. The maximum atomic E-state index is 15.4. The number of carbonyl (C=O) groups excluding carboxylic acids is 1. The molecule has 0 fully saturated rings. The first-order valence-corrected chi connectivity index (χ1v) is 12.9. The Morgan fingerprint density at radius 1 is 0.900 bits per heavy atom. The van der Waals surface area contributed by atoms with Crippen LogP contribution in [-0.2, 0) is 6.54 Å². The molecular weight excluding hydrogens is 522 g/mol. The summed E-state index contributed by atoms with van der Waals surface area (Å²) >= 11 is 0. The van der Waals surface area contributed by atoms with Crippen molar-refractivity contribution in [3.8, 4) is 22.5 Å². The lowest BCUT2D eigenvalue weighted by atomic mass is 10.0. The second-order valence-corrected chi connectivity index (χ2v) is 10.5. The predicted octanol–water partition coefficient (Wildman–Crippen LogP) is 6.25. The summed E-state index contributed by atoms with van der Waals surface area (Å²) in [7, 11) is 0. The Morgan fingerprint density at radius 2 is 1.70 bits per heavy atom. The quantitative estimate of drug-likeness (QED) is 0.278. The van der Waals surface area contributed by atoms with Crippen molar-refractivity contribution in [3.63, 3.8) is 0 Å². The Balaban J connectivity index is 1.54. The summed E-state index contributed by atoms with van der Waals surface area (Å²) in [5, 5.41) is 0. The van der Waals surface area contributed by atoms with Crippen LogP contribution < -0.4 is 4.90 Å². The van der Waals surface area contributed by atoms with E-state index in [9.17, 15) is 18.0 Å². The number of nitrogens with zero attached hydrogens (tertiary/aromatic N) is 5. The number of aromatic nitrogens is 2. The summed E-state index contributed by atoms with van der Waals surface area (Å²) in [6.07, 6.45) is 0. The summed E-state index contributed by atoms with van der Waals surface area (Å²) < 4.78 is 58.8. The van der Waals surface area contributed by atoms with Crippen molar-refractivity contribution in [2.45, 2.75) is 32.9 Å². The summed E-state index contributed by atoms with van der Waals surface area (Å²) in [4.78, 5) is 26.5. The molecule has 0 bridgehead atoms. The second kappa shape index (κ2) is 9.32. The fraction of sp³-hybridized carbons (Fsp3) is 0.233. The van der Waals surface area contributed by atoms with Gasteiger partial charge in [0.1, 0.15) is 23.3 Å². The summed E-state index contributed by atoms with van der Waals surface area (Å²) in [6, 6.07) is 13.7.